The Balaban J connectivity index is 0.000000648. The van der Waals surface area contributed by atoms with Crippen molar-refractivity contribution in [3.8, 4) is 0 Å². The average Bonchev–Trinajstić information content (AvgIpc) is 0.945. The highest BCUT2D eigenvalue weighted by Crippen LogP contribution is 2.30. The van der Waals surface area contributed by atoms with E-state index in [0.29, 0.717) is 11.8 Å². The summed E-state index contributed by atoms with van der Waals surface area (Å²) in [5, 5.41) is 0. The van der Waals surface area contributed by atoms with Gasteiger partial charge < -0.3 is 0 Å². The number of unbranched alkanes of at least 4 members (excludes halogenated alkanes) is 21. The first kappa shape index (κ1) is 101. The lowest BCUT2D eigenvalue weighted by atomic mass is 9.88. The Morgan fingerprint density at radius 3 is 0.620 bits per heavy atom. The number of hydrogen-bond donors (Lipinski definition) is 0. The minimum atomic E-state index is 0.705. The van der Waals surface area contributed by atoms with Crippen molar-refractivity contribution >= 4 is 0 Å². The van der Waals surface area contributed by atoms with Crippen LogP contribution in [0.5, 0.6) is 0 Å². The van der Waals surface area contributed by atoms with Crippen LogP contribution in [0.1, 0.15) is 469 Å². The van der Waals surface area contributed by atoms with Crippen molar-refractivity contribution in [2.75, 3.05) is 0 Å². The summed E-state index contributed by atoms with van der Waals surface area (Å²) in [5.74, 6) is 8.85. The van der Waals surface area contributed by atoms with Crippen LogP contribution in [0.2, 0.25) is 0 Å². The Morgan fingerprint density at radius 1 is 0.157 bits per heavy atom. The van der Waals surface area contributed by atoms with E-state index in [-0.39, 0.29) is 0 Å². The molecule has 0 fully saturated rings. The Morgan fingerprint density at radius 2 is 0.343 bits per heavy atom. The molecule has 6 aromatic carbocycles. The summed E-state index contributed by atoms with van der Waals surface area (Å²) in [7, 11) is 0. The number of benzene rings is 6. The first-order valence-corrected chi connectivity index (χ1v) is 46.8. The maximum absolute atomic E-state index is 2.42. The fourth-order valence-corrected chi connectivity index (χ4v) is 15.4. The lowest BCUT2D eigenvalue weighted by molar-refractivity contribution is 0.428. The Hall–Kier alpha value is -4.68. The van der Waals surface area contributed by atoms with Crippen molar-refractivity contribution < 1.29 is 0 Å². The molecule has 0 spiro atoms. The van der Waals surface area contributed by atoms with Crippen molar-refractivity contribution in [2.45, 2.75) is 436 Å². The lowest BCUT2D eigenvalue weighted by Crippen LogP contribution is -2.02. The molecule has 0 heterocycles. The summed E-state index contributed by atoms with van der Waals surface area (Å²) in [6.07, 6.45) is 61.4. The van der Waals surface area contributed by atoms with Crippen molar-refractivity contribution in [1.29, 1.82) is 0 Å². The zero-order valence-electron chi connectivity index (χ0n) is 74.8. The molecule has 0 radical (unpaired) electrons. The SMILES string of the molecule is CCC(C)CCCCCCC(C)c1ccccc1.CCCCC(C)CCCCC(C)c1ccccc1.CCCCC(C)CCCCC(C)c1ccccc1.CCCCCCC(C)CCC(C)c1ccccc1.CCCCCCCC(C)CC(C)c1ccccc1.CCCCCCCCCCC(C)c1ccccc1. The van der Waals surface area contributed by atoms with Crippen LogP contribution in [-0.2, 0) is 0 Å². The van der Waals surface area contributed by atoms with E-state index in [2.05, 4.69) is 300 Å². The zero-order chi connectivity index (χ0) is 79.1. The van der Waals surface area contributed by atoms with Gasteiger partial charge in [0.15, 0.2) is 0 Å². The minimum Gasteiger partial charge on any atom is -0.0654 e. The van der Waals surface area contributed by atoms with Gasteiger partial charge in [0, 0.05) is 0 Å². The molecular weight excluding hydrogens is 1300 g/mol. The highest BCUT2D eigenvalue weighted by atomic mass is 14.2. The maximum atomic E-state index is 2.42. The van der Waals surface area contributed by atoms with Gasteiger partial charge in [-0.1, -0.05) is 544 Å². The Kier molecular flexibility index (Phi) is 68.1. The minimum absolute atomic E-state index is 0.705. The van der Waals surface area contributed by atoms with Crippen LogP contribution in [0.25, 0.3) is 0 Å². The van der Waals surface area contributed by atoms with E-state index < -0.39 is 0 Å². The predicted octanol–water partition coefficient (Wildman–Crippen LogP) is 37.2. The van der Waals surface area contributed by atoms with Gasteiger partial charge in [0.2, 0.25) is 0 Å². The second-order valence-corrected chi connectivity index (χ2v) is 34.8. The maximum Gasteiger partial charge on any atom is -0.0188 e. The van der Waals surface area contributed by atoms with Crippen LogP contribution >= 0.6 is 0 Å². The molecule has 6 aromatic rings. The summed E-state index contributed by atoms with van der Waals surface area (Å²) < 4.78 is 0. The van der Waals surface area contributed by atoms with E-state index in [4.69, 9.17) is 0 Å². The van der Waals surface area contributed by atoms with Gasteiger partial charge in [-0.15, -0.1) is 0 Å². The molecule has 11 unspecified atom stereocenters. The van der Waals surface area contributed by atoms with E-state index in [1.807, 2.05) is 0 Å². The van der Waals surface area contributed by atoms with Gasteiger partial charge in [-0.3, -0.25) is 0 Å². The van der Waals surface area contributed by atoms with Gasteiger partial charge in [-0.05, 0) is 137 Å². The van der Waals surface area contributed by atoms with E-state index in [1.54, 1.807) is 0 Å². The van der Waals surface area contributed by atoms with Crippen molar-refractivity contribution in [3.63, 3.8) is 0 Å². The van der Waals surface area contributed by atoms with Gasteiger partial charge in [0.05, 0.1) is 0 Å². The van der Waals surface area contributed by atoms with E-state index >= 15 is 0 Å². The lowest BCUT2D eigenvalue weighted by Gasteiger charge is -2.17. The van der Waals surface area contributed by atoms with Crippen LogP contribution in [0.15, 0.2) is 182 Å². The first-order valence-electron chi connectivity index (χ1n) is 46.8. The molecule has 0 N–H and O–H groups in total. The van der Waals surface area contributed by atoms with Gasteiger partial charge in [0.1, 0.15) is 0 Å². The molecule has 0 saturated heterocycles. The quantitative estimate of drug-likeness (QED) is 0.0334. The third kappa shape index (κ3) is 58.2. The van der Waals surface area contributed by atoms with Gasteiger partial charge in [-0.2, -0.15) is 0 Å². The van der Waals surface area contributed by atoms with Crippen LogP contribution in [0, 0.1) is 29.6 Å². The standard InChI is InChI=1S/6C18H30/c1-4-16(2)12-8-5-6-9-13-17(3)18-14-10-7-11-15-18;2*1-4-5-11-16(2)12-9-10-13-17(3)18-14-7-6-8-15-18;1-4-5-6-8-11-16(2)14-15-17(3)18-12-9-7-10-13-18;1-4-5-6-7-9-12-16(2)15-17(3)18-13-10-8-11-14-18;1-3-4-5-6-7-8-9-11-14-17(2)18-15-12-10-13-16-18/h7,10-11,14-17H,4-6,8-9,12-13H2,1-3H3;2*6-8,14-17H,4-5,9-13H2,1-3H3;7,9-10,12-13,16-17H,4-6,8,11,14-15H2,1-3H3;8,10-11,13-14,16-17H,4-7,9,12,15H2,1-3H3;10,12-13,15-17H,3-9,11,14H2,1-2H3. The Labute approximate surface area is 676 Å². The smallest absolute Gasteiger partial charge is 0.0188 e. The van der Waals surface area contributed by atoms with Crippen molar-refractivity contribution in [1.82, 2.24) is 0 Å². The van der Waals surface area contributed by atoms with Crippen LogP contribution in [0.3, 0.4) is 0 Å². The normalized spacial score (nSPS) is 14.1. The molecule has 11 atom stereocenters. The number of hydrogen-bond acceptors (Lipinski definition) is 0. The van der Waals surface area contributed by atoms with Crippen molar-refractivity contribution in [3.05, 3.63) is 215 Å². The average molecular weight is 1480 g/mol. The van der Waals surface area contributed by atoms with Crippen LogP contribution in [-0.4, -0.2) is 0 Å². The number of rotatable bonds is 55. The molecule has 0 aliphatic heterocycles. The molecule has 0 saturated carbocycles. The molecule has 108 heavy (non-hydrogen) atoms. The van der Waals surface area contributed by atoms with E-state index in [0.717, 1.165) is 53.3 Å². The largest absolute Gasteiger partial charge is 0.0654 e. The molecule has 612 valence electrons. The predicted molar refractivity (Wildman–Crippen MR) is 492 cm³/mol. The summed E-state index contributed by atoms with van der Waals surface area (Å²) in [6.45, 7) is 39.9. The monoisotopic (exact) mass is 1480 g/mol. The third-order valence-corrected chi connectivity index (χ3v) is 24.0. The summed E-state index contributed by atoms with van der Waals surface area (Å²) in [5.41, 5.74) is 8.98. The molecule has 0 aliphatic carbocycles. The fourth-order valence-electron chi connectivity index (χ4n) is 15.4. The van der Waals surface area contributed by atoms with Crippen LogP contribution in [0.4, 0.5) is 0 Å². The van der Waals surface area contributed by atoms with Gasteiger partial charge in [-0.25, -0.2) is 0 Å². The molecule has 0 bridgehead atoms. The summed E-state index contributed by atoms with van der Waals surface area (Å²) in [6, 6.07) is 65.6. The molecule has 0 amide bonds. The van der Waals surface area contributed by atoms with Crippen LogP contribution < -0.4 is 0 Å². The van der Waals surface area contributed by atoms with Gasteiger partial charge in [0.25, 0.3) is 0 Å². The van der Waals surface area contributed by atoms with E-state index in [9.17, 15) is 0 Å². The highest BCUT2D eigenvalue weighted by Gasteiger charge is 2.13. The fraction of sp³-hybridized carbons (Fsp3) is 0.667. The molecule has 6 rings (SSSR count). The van der Waals surface area contributed by atoms with Gasteiger partial charge >= 0.3 is 0 Å². The summed E-state index contributed by atoms with van der Waals surface area (Å²) in [4.78, 5) is 0. The second kappa shape index (κ2) is 72.6. The van der Waals surface area contributed by atoms with E-state index in [1.165, 1.54) is 316 Å². The van der Waals surface area contributed by atoms with Crippen molar-refractivity contribution in [2.24, 2.45) is 29.6 Å². The molecule has 0 nitrogen and oxygen atoms in total. The molecule has 0 aromatic heterocycles. The Bertz CT molecular complexity index is 2630. The first-order chi connectivity index (χ1) is 52.5. The highest BCUT2D eigenvalue weighted by molar-refractivity contribution is 5.22. The topological polar surface area (TPSA) is 0 Å². The molecular formula is C108H180. The molecule has 0 heteroatoms. The third-order valence-electron chi connectivity index (χ3n) is 24.0. The second-order valence-electron chi connectivity index (χ2n) is 34.8. The molecule has 0 aliphatic rings. The summed E-state index contributed by atoms with van der Waals surface area (Å²) >= 11 is 0. The zero-order valence-corrected chi connectivity index (χ0v) is 74.8.